The number of rotatable bonds is 3. The van der Waals surface area contributed by atoms with Gasteiger partial charge in [0, 0.05) is 18.8 Å². The van der Waals surface area contributed by atoms with Crippen LogP contribution in [-0.2, 0) is 11.2 Å². The van der Waals surface area contributed by atoms with Crippen molar-refractivity contribution in [1.82, 2.24) is 9.97 Å². The van der Waals surface area contributed by atoms with Gasteiger partial charge in [-0.1, -0.05) is 0 Å². The molecule has 1 heterocycles. The molecule has 0 amide bonds. The summed E-state index contributed by atoms with van der Waals surface area (Å²) in [7, 11) is 0. The van der Waals surface area contributed by atoms with Crippen molar-refractivity contribution in [3.05, 3.63) is 28.4 Å². The molecular weight excluding hydrogens is 160 g/mol. The van der Waals surface area contributed by atoms with Gasteiger partial charge in [0.15, 0.2) is 0 Å². The Labute approximate surface area is 68.1 Å². The maximum Gasteiger partial charge on any atom is 0.344 e. The molecule has 2 N–H and O–H groups in total. The Morgan fingerprint density at radius 3 is 2.92 bits per heavy atom. The van der Waals surface area contributed by atoms with Crippen LogP contribution in [0.2, 0.25) is 0 Å². The fourth-order valence-electron chi connectivity index (χ4n) is 0.758. The monoisotopic (exact) mass is 168 g/mol. The van der Waals surface area contributed by atoms with Crippen LogP contribution in [0.3, 0.4) is 0 Å². The van der Waals surface area contributed by atoms with Gasteiger partial charge in [-0.05, 0) is 12.0 Å². The molecule has 0 atom stereocenters. The minimum Gasteiger partial charge on any atom is -0.481 e. The number of aromatic amines is 1. The molecule has 0 unspecified atom stereocenters. The summed E-state index contributed by atoms with van der Waals surface area (Å²) in [6.07, 6.45) is 3.28. The van der Waals surface area contributed by atoms with E-state index in [-0.39, 0.29) is 6.42 Å². The molecule has 0 fully saturated rings. The minimum atomic E-state index is -0.860. The number of carbonyl (C=O) groups is 1. The number of aryl methyl sites for hydroxylation is 1. The van der Waals surface area contributed by atoms with Gasteiger partial charge in [-0.2, -0.15) is 0 Å². The van der Waals surface area contributed by atoms with E-state index in [1.807, 2.05) is 0 Å². The number of carboxylic acids is 1. The molecule has 0 aliphatic rings. The van der Waals surface area contributed by atoms with Gasteiger partial charge in [-0.3, -0.25) is 4.79 Å². The summed E-state index contributed by atoms with van der Waals surface area (Å²) in [5.74, 6) is -0.860. The lowest BCUT2D eigenvalue weighted by Crippen LogP contribution is -2.09. The lowest BCUT2D eigenvalue weighted by Gasteiger charge is -1.94. The molecule has 0 saturated carbocycles. The molecule has 1 rings (SSSR count). The Balaban J connectivity index is 2.59. The van der Waals surface area contributed by atoms with Crippen molar-refractivity contribution < 1.29 is 9.90 Å². The highest BCUT2D eigenvalue weighted by atomic mass is 16.4. The Kier molecular flexibility index (Phi) is 2.57. The highest BCUT2D eigenvalue weighted by molar-refractivity contribution is 5.66. The fraction of sp³-hybridized carbons (Fsp3) is 0.286. The van der Waals surface area contributed by atoms with Gasteiger partial charge < -0.3 is 10.1 Å². The predicted molar refractivity (Wildman–Crippen MR) is 40.8 cm³/mol. The van der Waals surface area contributed by atoms with E-state index in [0.29, 0.717) is 6.42 Å². The molecule has 0 aromatic carbocycles. The van der Waals surface area contributed by atoms with Gasteiger partial charge in [-0.15, -0.1) is 0 Å². The van der Waals surface area contributed by atoms with E-state index < -0.39 is 11.7 Å². The van der Waals surface area contributed by atoms with Gasteiger partial charge in [0.25, 0.3) is 0 Å². The van der Waals surface area contributed by atoms with Crippen LogP contribution in [0.25, 0.3) is 0 Å². The molecule has 0 radical (unpaired) electrons. The van der Waals surface area contributed by atoms with Crippen LogP contribution < -0.4 is 5.69 Å². The molecule has 64 valence electrons. The maximum absolute atomic E-state index is 10.5. The average molecular weight is 168 g/mol. The van der Waals surface area contributed by atoms with Gasteiger partial charge in [-0.25, -0.2) is 9.78 Å². The summed E-state index contributed by atoms with van der Waals surface area (Å²) >= 11 is 0. The molecule has 0 aliphatic carbocycles. The number of H-pyrrole nitrogens is 1. The highest BCUT2D eigenvalue weighted by Gasteiger charge is 1.98. The molecular formula is C7H8N2O3. The predicted octanol–water partition coefficient (Wildman–Crippen LogP) is -0.213. The standard InChI is InChI=1S/C7H8N2O3/c10-6(11)2-1-5-3-8-7(12)9-4-5/h3-4H,1-2H2,(H,10,11)(H,8,9,12). The van der Waals surface area contributed by atoms with Crippen molar-refractivity contribution in [2.24, 2.45) is 0 Å². The smallest absolute Gasteiger partial charge is 0.344 e. The molecule has 0 aliphatic heterocycles. The summed E-state index contributed by atoms with van der Waals surface area (Å²) in [5, 5.41) is 8.34. The minimum absolute atomic E-state index is 0.0493. The summed E-state index contributed by atoms with van der Waals surface area (Å²) in [6, 6.07) is 0. The molecule has 5 heteroatoms. The number of hydrogen-bond acceptors (Lipinski definition) is 3. The third-order valence-electron chi connectivity index (χ3n) is 1.36. The van der Waals surface area contributed by atoms with E-state index in [1.54, 1.807) is 0 Å². The molecule has 0 spiro atoms. The number of aromatic nitrogens is 2. The number of carboxylic acid groups (broad SMARTS) is 1. The lowest BCUT2D eigenvalue weighted by molar-refractivity contribution is -0.136. The summed E-state index contributed by atoms with van der Waals surface area (Å²) in [6.45, 7) is 0. The van der Waals surface area contributed by atoms with E-state index in [4.69, 9.17) is 5.11 Å². The van der Waals surface area contributed by atoms with Crippen molar-refractivity contribution in [2.45, 2.75) is 12.8 Å². The summed E-state index contributed by atoms with van der Waals surface area (Å²) < 4.78 is 0. The van der Waals surface area contributed by atoms with E-state index in [0.717, 1.165) is 5.56 Å². The van der Waals surface area contributed by atoms with Gasteiger partial charge in [0.1, 0.15) is 0 Å². The maximum atomic E-state index is 10.5. The van der Waals surface area contributed by atoms with E-state index in [9.17, 15) is 9.59 Å². The van der Waals surface area contributed by atoms with Crippen LogP contribution in [0.5, 0.6) is 0 Å². The van der Waals surface area contributed by atoms with Crippen LogP contribution in [0.1, 0.15) is 12.0 Å². The Morgan fingerprint density at radius 2 is 2.42 bits per heavy atom. The number of aliphatic carboxylic acids is 1. The second-order valence-corrected chi connectivity index (χ2v) is 2.32. The largest absolute Gasteiger partial charge is 0.481 e. The van der Waals surface area contributed by atoms with Crippen LogP contribution in [-0.4, -0.2) is 21.0 Å². The quantitative estimate of drug-likeness (QED) is 0.654. The molecule has 0 bridgehead atoms. The second kappa shape index (κ2) is 3.66. The van der Waals surface area contributed by atoms with Crippen molar-refractivity contribution in [2.75, 3.05) is 0 Å². The third kappa shape index (κ3) is 2.53. The summed E-state index contributed by atoms with van der Waals surface area (Å²) in [4.78, 5) is 26.4. The molecule has 1 aromatic rings. The Hall–Kier alpha value is -1.65. The molecule has 0 saturated heterocycles. The molecule has 1 aromatic heterocycles. The first-order valence-electron chi connectivity index (χ1n) is 3.44. The fourth-order valence-corrected chi connectivity index (χ4v) is 0.758. The van der Waals surface area contributed by atoms with Gasteiger partial charge in [0.05, 0.1) is 0 Å². The molecule has 5 nitrogen and oxygen atoms in total. The van der Waals surface area contributed by atoms with Crippen molar-refractivity contribution in [1.29, 1.82) is 0 Å². The third-order valence-corrected chi connectivity index (χ3v) is 1.36. The topological polar surface area (TPSA) is 83.0 Å². The second-order valence-electron chi connectivity index (χ2n) is 2.32. The van der Waals surface area contributed by atoms with Gasteiger partial charge in [0.2, 0.25) is 0 Å². The zero-order valence-corrected chi connectivity index (χ0v) is 6.28. The van der Waals surface area contributed by atoms with Crippen molar-refractivity contribution in [3.63, 3.8) is 0 Å². The number of nitrogens with one attached hydrogen (secondary N) is 1. The average Bonchev–Trinajstić information content (AvgIpc) is 2.03. The van der Waals surface area contributed by atoms with Crippen LogP contribution in [0.15, 0.2) is 17.2 Å². The van der Waals surface area contributed by atoms with Crippen molar-refractivity contribution in [3.8, 4) is 0 Å². The first-order chi connectivity index (χ1) is 5.68. The van der Waals surface area contributed by atoms with E-state index >= 15 is 0 Å². The lowest BCUT2D eigenvalue weighted by atomic mass is 10.2. The normalized spacial score (nSPS) is 9.67. The van der Waals surface area contributed by atoms with Crippen molar-refractivity contribution >= 4 is 5.97 Å². The zero-order chi connectivity index (χ0) is 8.97. The first kappa shape index (κ1) is 8.45. The van der Waals surface area contributed by atoms with E-state index in [1.165, 1.54) is 12.4 Å². The SMILES string of the molecule is O=C(O)CCc1cnc(=O)[nH]c1. The first-order valence-corrected chi connectivity index (χ1v) is 3.44. The van der Waals surface area contributed by atoms with Crippen LogP contribution >= 0.6 is 0 Å². The van der Waals surface area contributed by atoms with Crippen LogP contribution in [0, 0.1) is 0 Å². The Bertz CT molecular complexity index is 311. The van der Waals surface area contributed by atoms with E-state index in [2.05, 4.69) is 9.97 Å². The summed E-state index contributed by atoms with van der Waals surface area (Å²) in [5.41, 5.74) is 0.297. The van der Waals surface area contributed by atoms with Crippen LogP contribution in [0.4, 0.5) is 0 Å². The number of hydrogen-bond donors (Lipinski definition) is 2. The molecule has 12 heavy (non-hydrogen) atoms. The zero-order valence-electron chi connectivity index (χ0n) is 6.28. The Morgan fingerprint density at radius 1 is 1.67 bits per heavy atom. The highest BCUT2D eigenvalue weighted by Crippen LogP contribution is 1.96. The number of nitrogens with zero attached hydrogens (tertiary/aromatic N) is 1. The van der Waals surface area contributed by atoms with Gasteiger partial charge >= 0.3 is 11.7 Å².